The Hall–Kier alpha value is -2.12. The zero-order valence-corrected chi connectivity index (χ0v) is 15.7. The summed E-state index contributed by atoms with van der Waals surface area (Å²) in [5.74, 6) is -0.116. The highest BCUT2D eigenvalue weighted by Crippen LogP contribution is 2.36. The molecule has 1 fully saturated rings. The lowest BCUT2D eigenvalue weighted by Crippen LogP contribution is -2.46. The summed E-state index contributed by atoms with van der Waals surface area (Å²) in [6.45, 7) is 4.16. The first-order chi connectivity index (χ1) is 12.0. The van der Waals surface area contributed by atoms with E-state index in [0.29, 0.717) is 18.7 Å². The number of carbonyl (C=O) groups is 1. The Labute approximate surface area is 159 Å². The second-order valence-electron chi connectivity index (χ2n) is 6.56. The predicted octanol–water partition coefficient (Wildman–Crippen LogP) is 1.91. The van der Waals surface area contributed by atoms with Gasteiger partial charge in [0, 0.05) is 37.9 Å². The molecule has 1 aromatic rings. The number of likely N-dealkylation sites (tertiary alicyclic amines) is 1. The zero-order valence-electron chi connectivity index (χ0n) is 14.9. The van der Waals surface area contributed by atoms with Crippen molar-refractivity contribution < 1.29 is 14.4 Å². The summed E-state index contributed by atoms with van der Waals surface area (Å²) in [4.78, 5) is 19.5. The van der Waals surface area contributed by atoms with Crippen molar-refractivity contribution in [3.63, 3.8) is 0 Å². The van der Waals surface area contributed by atoms with E-state index in [9.17, 15) is 4.79 Å². The third-order valence-corrected chi connectivity index (χ3v) is 4.79. The van der Waals surface area contributed by atoms with Crippen LogP contribution in [0.4, 0.5) is 0 Å². The van der Waals surface area contributed by atoms with E-state index in [1.165, 1.54) is 0 Å². The molecule has 26 heavy (non-hydrogen) atoms. The molecule has 0 saturated carbocycles. The van der Waals surface area contributed by atoms with Crippen molar-refractivity contribution in [2.24, 2.45) is 10.9 Å². The van der Waals surface area contributed by atoms with Gasteiger partial charge in [0.15, 0.2) is 0 Å². The summed E-state index contributed by atoms with van der Waals surface area (Å²) in [6, 6.07) is 7.50. The molecule has 0 bridgehead atoms. The third kappa shape index (κ3) is 4.53. The van der Waals surface area contributed by atoms with Crippen molar-refractivity contribution in [3.05, 3.63) is 35.4 Å². The summed E-state index contributed by atoms with van der Waals surface area (Å²) in [5.41, 5.74) is 7.84. The molecule has 142 valence electrons. The number of nitrogens with one attached hydrogen (secondary N) is 1. The first-order valence-electron chi connectivity index (χ1n) is 8.59. The van der Waals surface area contributed by atoms with Gasteiger partial charge in [0.05, 0.1) is 18.9 Å². The quantitative estimate of drug-likeness (QED) is 0.461. The van der Waals surface area contributed by atoms with Crippen molar-refractivity contribution in [1.29, 1.82) is 5.41 Å². The predicted molar refractivity (Wildman–Crippen MR) is 102 cm³/mol. The molecule has 2 heterocycles. The highest BCUT2D eigenvalue weighted by Gasteiger charge is 2.42. The van der Waals surface area contributed by atoms with Crippen LogP contribution in [0.5, 0.6) is 0 Å². The summed E-state index contributed by atoms with van der Waals surface area (Å²) < 4.78 is 5.00. The minimum atomic E-state index is -0.264. The van der Waals surface area contributed by atoms with Crippen LogP contribution in [0.2, 0.25) is 0 Å². The minimum absolute atomic E-state index is 0. The number of hydrogen-bond acceptors (Lipinski definition) is 6. The van der Waals surface area contributed by atoms with E-state index in [1.807, 2.05) is 31.2 Å². The van der Waals surface area contributed by atoms with Crippen molar-refractivity contribution in [2.45, 2.75) is 31.8 Å². The van der Waals surface area contributed by atoms with Gasteiger partial charge >= 0.3 is 5.97 Å². The molecule has 3 N–H and O–H groups in total. The molecular weight excluding hydrogens is 356 g/mol. The molecule has 0 atom stereocenters. The van der Waals surface area contributed by atoms with E-state index in [-0.39, 0.29) is 29.8 Å². The van der Waals surface area contributed by atoms with Crippen LogP contribution in [0, 0.1) is 5.41 Å². The maximum atomic E-state index is 11.6. The number of oxime groups is 1. The summed E-state index contributed by atoms with van der Waals surface area (Å²) in [7, 11) is 0. The highest BCUT2D eigenvalue weighted by molar-refractivity contribution is 6.03. The topological polar surface area (TPSA) is 101 Å². The SMILES string of the molecule is CCOC(=O)CN1CCC2(CC1)CC(c1ccc(C(=N)N)cc1)=NO2.Cl. The second-order valence-corrected chi connectivity index (χ2v) is 6.56. The molecule has 0 unspecified atom stereocenters. The molecular formula is C18H25ClN4O3. The number of hydrogen-bond donors (Lipinski definition) is 2. The first kappa shape index (κ1) is 20.2. The fraction of sp³-hybridized carbons (Fsp3) is 0.500. The molecule has 1 saturated heterocycles. The molecule has 8 heteroatoms. The maximum Gasteiger partial charge on any atom is 0.320 e. The van der Waals surface area contributed by atoms with Crippen molar-refractivity contribution in [1.82, 2.24) is 4.90 Å². The van der Waals surface area contributed by atoms with Crippen LogP contribution in [0.15, 0.2) is 29.4 Å². The number of benzene rings is 1. The van der Waals surface area contributed by atoms with E-state index in [1.54, 1.807) is 0 Å². The van der Waals surface area contributed by atoms with Crippen LogP contribution in [-0.4, -0.2) is 54.3 Å². The molecule has 0 amide bonds. The summed E-state index contributed by atoms with van der Waals surface area (Å²) in [6.07, 6.45) is 2.44. The average Bonchev–Trinajstić information content (AvgIpc) is 3.01. The molecule has 0 aromatic heterocycles. The first-order valence-corrected chi connectivity index (χ1v) is 8.59. The lowest BCUT2D eigenvalue weighted by atomic mass is 9.85. The second kappa shape index (κ2) is 8.51. The van der Waals surface area contributed by atoms with Crippen LogP contribution in [-0.2, 0) is 14.4 Å². The van der Waals surface area contributed by atoms with Gasteiger partial charge < -0.3 is 15.3 Å². The van der Waals surface area contributed by atoms with Gasteiger partial charge in [-0.05, 0) is 12.5 Å². The standard InChI is InChI=1S/C18H24N4O3.ClH/c1-2-24-16(23)12-22-9-7-18(8-10-22)11-15(21-25-18)13-3-5-14(6-4-13)17(19)20;/h3-6H,2,7-12H2,1H3,(H3,19,20);1H. The summed E-state index contributed by atoms with van der Waals surface area (Å²) in [5, 5.41) is 11.7. The van der Waals surface area contributed by atoms with E-state index in [2.05, 4.69) is 10.1 Å². The Balaban J connectivity index is 0.00000243. The van der Waals surface area contributed by atoms with Crippen LogP contribution in [0.3, 0.4) is 0 Å². The molecule has 1 aromatic carbocycles. The van der Waals surface area contributed by atoms with E-state index in [4.69, 9.17) is 20.7 Å². The minimum Gasteiger partial charge on any atom is -0.465 e. The number of nitrogen functional groups attached to an aromatic ring is 1. The van der Waals surface area contributed by atoms with E-state index in [0.717, 1.165) is 43.6 Å². The Kier molecular flexibility index (Phi) is 6.61. The Morgan fingerprint density at radius 1 is 1.35 bits per heavy atom. The molecule has 3 rings (SSSR count). The normalized spacial score (nSPS) is 18.6. The number of esters is 1. The number of nitrogens with two attached hydrogens (primary N) is 1. The van der Waals surface area contributed by atoms with Crippen LogP contribution in [0.1, 0.15) is 37.3 Å². The summed E-state index contributed by atoms with van der Waals surface area (Å²) >= 11 is 0. The van der Waals surface area contributed by atoms with E-state index < -0.39 is 0 Å². The molecule has 1 spiro atoms. The molecule has 2 aliphatic heterocycles. The van der Waals surface area contributed by atoms with Gasteiger partial charge in [-0.1, -0.05) is 29.4 Å². The van der Waals surface area contributed by atoms with Crippen LogP contribution < -0.4 is 5.73 Å². The van der Waals surface area contributed by atoms with Gasteiger partial charge in [-0.2, -0.15) is 0 Å². The smallest absolute Gasteiger partial charge is 0.320 e. The number of nitrogens with zero attached hydrogens (tertiary/aromatic N) is 2. The Morgan fingerprint density at radius 3 is 2.58 bits per heavy atom. The number of piperidine rings is 1. The molecule has 0 radical (unpaired) electrons. The Bertz CT molecular complexity index is 682. The van der Waals surface area contributed by atoms with E-state index >= 15 is 0 Å². The fourth-order valence-corrected chi connectivity index (χ4v) is 3.29. The monoisotopic (exact) mass is 380 g/mol. The van der Waals surface area contributed by atoms with Gasteiger partial charge in [0.2, 0.25) is 0 Å². The zero-order chi connectivity index (χ0) is 17.9. The van der Waals surface area contributed by atoms with Crippen molar-refractivity contribution in [2.75, 3.05) is 26.2 Å². The van der Waals surface area contributed by atoms with Crippen molar-refractivity contribution in [3.8, 4) is 0 Å². The number of carbonyl (C=O) groups excluding carboxylic acids is 1. The average molecular weight is 381 g/mol. The molecule has 7 nitrogen and oxygen atoms in total. The van der Waals surface area contributed by atoms with Crippen molar-refractivity contribution >= 4 is 29.9 Å². The van der Waals surface area contributed by atoms with Crippen LogP contribution in [0.25, 0.3) is 0 Å². The molecule has 2 aliphatic rings. The number of rotatable bonds is 5. The largest absolute Gasteiger partial charge is 0.465 e. The molecule has 0 aliphatic carbocycles. The van der Waals surface area contributed by atoms with Gasteiger partial charge in [-0.25, -0.2) is 0 Å². The Morgan fingerprint density at radius 2 is 2.00 bits per heavy atom. The lowest BCUT2D eigenvalue weighted by Gasteiger charge is -2.36. The fourth-order valence-electron chi connectivity index (χ4n) is 3.29. The van der Waals surface area contributed by atoms with Gasteiger partial charge in [-0.15, -0.1) is 12.4 Å². The number of ether oxygens (including phenoxy) is 1. The maximum absolute atomic E-state index is 11.6. The number of amidine groups is 1. The van der Waals surface area contributed by atoms with Gasteiger partial charge in [0.25, 0.3) is 0 Å². The van der Waals surface area contributed by atoms with Gasteiger partial charge in [0.1, 0.15) is 11.4 Å². The van der Waals surface area contributed by atoms with Gasteiger partial charge in [-0.3, -0.25) is 15.1 Å². The number of halogens is 1. The third-order valence-electron chi connectivity index (χ3n) is 4.79. The highest BCUT2D eigenvalue weighted by atomic mass is 35.5. The lowest BCUT2D eigenvalue weighted by molar-refractivity contribution is -0.146. The van der Waals surface area contributed by atoms with Crippen LogP contribution >= 0.6 is 12.4 Å².